The lowest BCUT2D eigenvalue weighted by Gasteiger charge is -2.24. The van der Waals surface area contributed by atoms with E-state index in [0.29, 0.717) is 24.1 Å². The summed E-state index contributed by atoms with van der Waals surface area (Å²) in [5.41, 5.74) is 0.765. The number of carboxylic acids is 1. The molecule has 0 aliphatic heterocycles. The summed E-state index contributed by atoms with van der Waals surface area (Å²) in [6, 6.07) is 6.48. The molecule has 1 amide bonds. The molecule has 5 nitrogen and oxygen atoms in total. The van der Waals surface area contributed by atoms with Gasteiger partial charge in [0.05, 0.1) is 22.4 Å². The van der Waals surface area contributed by atoms with Crippen LogP contribution in [-0.2, 0) is 9.59 Å². The normalized spacial score (nSPS) is 20.6. The Morgan fingerprint density at radius 2 is 1.95 bits per heavy atom. The molecule has 1 aliphatic rings. The maximum Gasteiger partial charge on any atom is 0.307 e. The highest BCUT2D eigenvalue weighted by atomic mass is 35.5. The van der Waals surface area contributed by atoms with Gasteiger partial charge in [0.15, 0.2) is 0 Å². The molecule has 0 heterocycles. The van der Waals surface area contributed by atoms with Crippen LogP contribution < -0.4 is 5.32 Å². The van der Waals surface area contributed by atoms with E-state index in [0.717, 1.165) is 0 Å². The van der Waals surface area contributed by atoms with Crippen molar-refractivity contribution in [2.24, 2.45) is 11.8 Å². The van der Waals surface area contributed by atoms with Crippen LogP contribution in [0.3, 0.4) is 0 Å². The molecule has 0 unspecified atom stereocenters. The lowest BCUT2D eigenvalue weighted by Crippen LogP contribution is -2.34. The first-order valence-corrected chi connectivity index (χ1v) is 6.79. The van der Waals surface area contributed by atoms with E-state index in [1.165, 1.54) is 12.1 Å². The summed E-state index contributed by atoms with van der Waals surface area (Å²) < 4.78 is 0. The fourth-order valence-electron chi connectivity index (χ4n) is 2.30. The van der Waals surface area contributed by atoms with Crippen LogP contribution in [0, 0.1) is 23.2 Å². The van der Waals surface area contributed by atoms with E-state index in [2.05, 4.69) is 5.32 Å². The van der Waals surface area contributed by atoms with Crippen molar-refractivity contribution in [3.8, 4) is 6.07 Å². The highest BCUT2D eigenvalue weighted by molar-refractivity contribution is 6.32. The average Bonchev–Trinajstić information content (AvgIpc) is 2.47. The van der Waals surface area contributed by atoms with Crippen molar-refractivity contribution in [3.05, 3.63) is 40.9 Å². The first kappa shape index (κ1) is 15.1. The van der Waals surface area contributed by atoms with Gasteiger partial charge in [-0.05, 0) is 31.0 Å². The number of anilines is 1. The molecule has 1 aromatic carbocycles. The highest BCUT2D eigenvalue weighted by Gasteiger charge is 2.33. The minimum absolute atomic E-state index is 0.244. The lowest BCUT2D eigenvalue weighted by atomic mass is 9.82. The minimum Gasteiger partial charge on any atom is -0.481 e. The Bertz CT molecular complexity index is 649. The molecule has 2 rings (SSSR count). The topological polar surface area (TPSA) is 90.2 Å². The maximum absolute atomic E-state index is 12.2. The van der Waals surface area contributed by atoms with Crippen molar-refractivity contribution < 1.29 is 14.7 Å². The van der Waals surface area contributed by atoms with Crippen LogP contribution in [0.4, 0.5) is 5.69 Å². The van der Waals surface area contributed by atoms with Gasteiger partial charge in [0, 0.05) is 5.69 Å². The third-order valence-corrected chi connectivity index (χ3v) is 3.76. The molecule has 0 saturated heterocycles. The number of amides is 1. The Balaban J connectivity index is 2.14. The van der Waals surface area contributed by atoms with E-state index in [1.807, 2.05) is 12.1 Å². The van der Waals surface area contributed by atoms with Gasteiger partial charge in [0.2, 0.25) is 5.91 Å². The predicted octanol–water partition coefficient (Wildman–Crippen LogP) is 2.82. The van der Waals surface area contributed by atoms with Gasteiger partial charge in [-0.1, -0.05) is 23.8 Å². The van der Waals surface area contributed by atoms with Crippen molar-refractivity contribution in [1.29, 1.82) is 5.26 Å². The second-order valence-corrected chi connectivity index (χ2v) is 5.20. The van der Waals surface area contributed by atoms with Gasteiger partial charge >= 0.3 is 5.97 Å². The summed E-state index contributed by atoms with van der Waals surface area (Å²) in [5.74, 6) is -2.66. The van der Waals surface area contributed by atoms with E-state index < -0.39 is 17.8 Å². The molecular formula is C15H13ClN2O3. The highest BCUT2D eigenvalue weighted by Crippen LogP contribution is 2.28. The number of nitriles is 1. The lowest BCUT2D eigenvalue weighted by molar-refractivity contribution is -0.146. The quantitative estimate of drug-likeness (QED) is 0.840. The Morgan fingerprint density at radius 3 is 2.52 bits per heavy atom. The molecule has 0 saturated carbocycles. The van der Waals surface area contributed by atoms with Crippen LogP contribution >= 0.6 is 11.6 Å². The number of hydrogen-bond acceptors (Lipinski definition) is 3. The van der Waals surface area contributed by atoms with Crippen LogP contribution in [0.2, 0.25) is 5.02 Å². The number of allylic oxidation sites excluding steroid dienone is 2. The molecule has 0 fully saturated rings. The molecule has 1 aliphatic carbocycles. The summed E-state index contributed by atoms with van der Waals surface area (Å²) >= 11 is 5.90. The summed E-state index contributed by atoms with van der Waals surface area (Å²) in [6.45, 7) is 0. The summed E-state index contributed by atoms with van der Waals surface area (Å²) in [7, 11) is 0. The Labute approximate surface area is 126 Å². The van der Waals surface area contributed by atoms with E-state index in [-0.39, 0.29) is 10.9 Å². The maximum atomic E-state index is 12.2. The van der Waals surface area contributed by atoms with Gasteiger partial charge in [0.1, 0.15) is 6.07 Å². The number of hydrogen-bond donors (Lipinski definition) is 2. The van der Waals surface area contributed by atoms with Gasteiger partial charge in [-0.3, -0.25) is 9.59 Å². The van der Waals surface area contributed by atoms with Crippen molar-refractivity contribution >= 4 is 29.2 Å². The minimum atomic E-state index is -0.975. The largest absolute Gasteiger partial charge is 0.481 e. The smallest absolute Gasteiger partial charge is 0.307 e. The van der Waals surface area contributed by atoms with Gasteiger partial charge in [-0.2, -0.15) is 5.26 Å². The standard InChI is InChI=1S/C15H13ClN2O3/c16-13-7-10(6-5-9(13)8-17)18-14(19)11-3-1-2-4-12(11)15(20)21/h1-2,5-7,11-12H,3-4H2,(H,18,19)(H,20,21)/t11-,12+/m0/s1. The molecule has 0 radical (unpaired) electrons. The van der Waals surface area contributed by atoms with Crippen LogP contribution in [-0.4, -0.2) is 17.0 Å². The SMILES string of the molecule is N#Cc1ccc(NC(=O)[C@H]2CC=CC[C@H]2C(=O)O)cc1Cl. The zero-order chi connectivity index (χ0) is 15.4. The van der Waals surface area contributed by atoms with E-state index in [9.17, 15) is 9.59 Å². The summed E-state index contributed by atoms with van der Waals surface area (Å²) in [4.78, 5) is 23.4. The van der Waals surface area contributed by atoms with Crippen molar-refractivity contribution in [3.63, 3.8) is 0 Å². The van der Waals surface area contributed by atoms with E-state index in [4.69, 9.17) is 22.0 Å². The predicted molar refractivity (Wildman–Crippen MR) is 77.8 cm³/mol. The summed E-state index contributed by atoms with van der Waals surface area (Å²) in [6.07, 6.45) is 4.34. The zero-order valence-electron chi connectivity index (χ0n) is 11.0. The monoisotopic (exact) mass is 304 g/mol. The van der Waals surface area contributed by atoms with Crippen molar-refractivity contribution in [2.45, 2.75) is 12.8 Å². The van der Waals surface area contributed by atoms with Gasteiger partial charge in [-0.15, -0.1) is 0 Å². The number of nitrogens with one attached hydrogen (secondary N) is 1. The zero-order valence-corrected chi connectivity index (χ0v) is 11.8. The second kappa shape index (κ2) is 6.42. The Hall–Kier alpha value is -2.32. The molecule has 21 heavy (non-hydrogen) atoms. The fraction of sp³-hybridized carbons (Fsp3) is 0.267. The number of rotatable bonds is 3. The van der Waals surface area contributed by atoms with Crippen molar-refractivity contribution in [2.75, 3.05) is 5.32 Å². The van der Waals surface area contributed by atoms with E-state index in [1.54, 1.807) is 12.1 Å². The first-order chi connectivity index (χ1) is 10.0. The van der Waals surface area contributed by atoms with Crippen LogP contribution in [0.5, 0.6) is 0 Å². The number of benzene rings is 1. The van der Waals surface area contributed by atoms with Crippen molar-refractivity contribution in [1.82, 2.24) is 0 Å². The second-order valence-electron chi connectivity index (χ2n) is 4.79. The number of carboxylic acid groups (broad SMARTS) is 1. The molecular weight excluding hydrogens is 292 g/mol. The molecule has 2 atom stereocenters. The average molecular weight is 305 g/mol. The number of carbonyl (C=O) groups excluding carboxylic acids is 1. The van der Waals surface area contributed by atoms with Gasteiger partial charge in [0.25, 0.3) is 0 Å². The molecule has 1 aromatic rings. The molecule has 0 aromatic heterocycles. The van der Waals surface area contributed by atoms with Crippen LogP contribution in [0.1, 0.15) is 18.4 Å². The summed E-state index contributed by atoms with van der Waals surface area (Å²) in [5, 5.41) is 20.9. The number of nitrogens with zero attached hydrogens (tertiary/aromatic N) is 1. The third kappa shape index (κ3) is 3.41. The first-order valence-electron chi connectivity index (χ1n) is 6.41. The Kier molecular flexibility index (Phi) is 4.61. The number of carbonyl (C=O) groups is 2. The molecule has 0 bridgehead atoms. The van der Waals surface area contributed by atoms with Gasteiger partial charge in [-0.25, -0.2) is 0 Å². The van der Waals surface area contributed by atoms with Gasteiger partial charge < -0.3 is 10.4 Å². The number of halogens is 1. The van der Waals surface area contributed by atoms with Crippen LogP contribution in [0.25, 0.3) is 0 Å². The fourth-order valence-corrected chi connectivity index (χ4v) is 2.52. The molecule has 108 valence electrons. The van der Waals surface area contributed by atoms with E-state index >= 15 is 0 Å². The van der Waals surface area contributed by atoms with Crippen LogP contribution in [0.15, 0.2) is 30.4 Å². The number of aliphatic carboxylic acids is 1. The molecule has 6 heteroatoms. The molecule has 0 spiro atoms. The third-order valence-electron chi connectivity index (χ3n) is 3.44. The Morgan fingerprint density at radius 1 is 1.29 bits per heavy atom. The molecule has 2 N–H and O–H groups in total.